The maximum atomic E-state index is 6.00. The van der Waals surface area contributed by atoms with Crippen LogP contribution < -0.4 is 21.5 Å². The Hall–Kier alpha value is -3.25. The number of nitrogens with two attached hydrogens (primary N) is 2. The first-order chi connectivity index (χ1) is 15.5. The van der Waals surface area contributed by atoms with Gasteiger partial charge in [-0.2, -0.15) is 0 Å². The van der Waals surface area contributed by atoms with Crippen molar-refractivity contribution in [1.82, 2.24) is 4.98 Å². The number of methoxy groups -OCH3 is 1. The van der Waals surface area contributed by atoms with Crippen LogP contribution >= 0.6 is 11.6 Å². The number of halogens is 1. The number of rotatable bonds is 6. The van der Waals surface area contributed by atoms with Crippen LogP contribution in [0.4, 0.5) is 5.69 Å². The molecule has 2 aromatic carbocycles. The summed E-state index contributed by atoms with van der Waals surface area (Å²) in [4.78, 5) is 9.31. The lowest BCUT2D eigenvalue weighted by Gasteiger charge is -2.31. The van der Waals surface area contributed by atoms with Crippen molar-refractivity contribution in [2.45, 2.75) is 37.8 Å². The largest absolute Gasteiger partial charge is 0.497 e. The number of benzene rings is 2. The summed E-state index contributed by atoms with van der Waals surface area (Å²) < 4.78 is 5.45. The Balaban J connectivity index is 1.71. The van der Waals surface area contributed by atoms with Gasteiger partial charge >= 0.3 is 0 Å². The molecule has 1 aliphatic carbocycles. The lowest BCUT2D eigenvalue weighted by molar-refractivity contribution is 0.405. The molecule has 32 heavy (non-hydrogen) atoms. The highest BCUT2D eigenvalue weighted by Gasteiger charge is 2.25. The molecule has 0 radical (unpaired) electrons. The lowest BCUT2D eigenvalue weighted by atomic mass is 9.90. The Bertz CT molecular complexity index is 1140. The number of guanidine groups is 1. The highest BCUT2D eigenvalue weighted by molar-refractivity contribution is 6.30. The number of fused-ring (bicyclic) bond motifs is 1. The molecule has 3 aromatic rings. The van der Waals surface area contributed by atoms with Crippen molar-refractivity contribution < 1.29 is 4.74 Å². The predicted octanol–water partition coefficient (Wildman–Crippen LogP) is 5.06. The van der Waals surface area contributed by atoms with Crippen LogP contribution in [0.25, 0.3) is 23.1 Å². The van der Waals surface area contributed by atoms with E-state index >= 15 is 0 Å². The topological polar surface area (TPSA) is 98.5 Å². The van der Waals surface area contributed by atoms with Crippen LogP contribution in [0.2, 0.25) is 5.02 Å². The first-order valence-electron chi connectivity index (χ1n) is 10.8. The number of aliphatic imine (C=N–C) groups is 1. The molecule has 1 heterocycles. The molecule has 0 bridgehead atoms. The average Bonchev–Trinajstić information content (AvgIpc) is 2.79. The second-order valence-corrected chi connectivity index (χ2v) is 8.46. The number of pyridine rings is 1. The van der Waals surface area contributed by atoms with E-state index in [1.54, 1.807) is 7.11 Å². The molecule has 0 aliphatic heterocycles. The van der Waals surface area contributed by atoms with E-state index in [0.717, 1.165) is 59.3 Å². The third-order valence-electron chi connectivity index (χ3n) is 5.74. The van der Waals surface area contributed by atoms with Crippen LogP contribution in [0.3, 0.4) is 0 Å². The highest BCUT2D eigenvalue weighted by Crippen LogP contribution is 2.31. The smallest absolute Gasteiger partial charge is 0.186 e. The normalized spacial score (nSPS) is 18.6. The van der Waals surface area contributed by atoms with Crippen LogP contribution in [0.5, 0.6) is 5.75 Å². The minimum atomic E-state index is 0.0515. The number of nitrogens with one attached hydrogen (secondary N) is 1. The molecule has 4 rings (SSSR count). The monoisotopic (exact) mass is 449 g/mol. The van der Waals surface area contributed by atoms with Crippen molar-refractivity contribution in [2.75, 3.05) is 12.4 Å². The standard InChI is InChI=1S/C25H28ClN5O/c1-32-19-12-13-21-20(15-19)24(30-22-4-2-3-5-23(22)31-25(27)28)14-18(29-21)11-8-16-6-9-17(26)10-7-16/h6-15,22-23H,2-5H2,1H3,(H,29,30)(H4,27,28,31)/b11-8-. The summed E-state index contributed by atoms with van der Waals surface area (Å²) in [6, 6.07) is 15.9. The van der Waals surface area contributed by atoms with Crippen molar-refractivity contribution >= 4 is 46.3 Å². The summed E-state index contributed by atoms with van der Waals surface area (Å²) >= 11 is 6.00. The van der Waals surface area contributed by atoms with Gasteiger partial charge in [0.25, 0.3) is 0 Å². The van der Waals surface area contributed by atoms with Crippen LogP contribution in [0.15, 0.2) is 53.5 Å². The molecule has 1 saturated carbocycles. The molecule has 5 N–H and O–H groups in total. The van der Waals surface area contributed by atoms with Crippen molar-refractivity contribution in [3.05, 3.63) is 64.8 Å². The van der Waals surface area contributed by atoms with E-state index < -0.39 is 0 Å². The van der Waals surface area contributed by atoms with Crippen molar-refractivity contribution in [3.8, 4) is 5.75 Å². The summed E-state index contributed by atoms with van der Waals surface area (Å²) in [6.45, 7) is 0. The van der Waals surface area contributed by atoms with Crippen molar-refractivity contribution in [1.29, 1.82) is 0 Å². The summed E-state index contributed by atoms with van der Waals surface area (Å²) in [5.74, 6) is 0.924. The first-order valence-corrected chi connectivity index (χ1v) is 11.2. The maximum Gasteiger partial charge on any atom is 0.186 e. The molecule has 1 aromatic heterocycles. The van der Waals surface area contributed by atoms with Gasteiger partial charge in [0.15, 0.2) is 5.96 Å². The quantitative estimate of drug-likeness (QED) is 0.360. The molecule has 6 nitrogen and oxygen atoms in total. The number of aromatic nitrogens is 1. The van der Waals surface area contributed by atoms with Crippen molar-refractivity contribution in [3.63, 3.8) is 0 Å². The third-order valence-corrected chi connectivity index (χ3v) is 5.99. The zero-order chi connectivity index (χ0) is 22.5. The zero-order valence-corrected chi connectivity index (χ0v) is 18.8. The molecule has 1 aliphatic rings. The summed E-state index contributed by atoms with van der Waals surface area (Å²) in [6.07, 6.45) is 8.27. The Labute approximate surface area is 193 Å². The van der Waals surface area contributed by atoms with E-state index in [1.165, 1.54) is 0 Å². The lowest BCUT2D eigenvalue weighted by Crippen LogP contribution is -2.38. The number of nitrogens with zero attached hydrogens (tertiary/aromatic N) is 2. The number of hydrogen-bond acceptors (Lipinski definition) is 4. The Morgan fingerprint density at radius 3 is 2.62 bits per heavy atom. The van der Waals surface area contributed by atoms with Gasteiger partial charge in [0.2, 0.25) is 0 Å². The molecular formula is C25H28ClN5O. The van der Waals surface area contributed by atoms with Crippen molar-refractivity contribution in [2.24, 2.45) is 16.5 Å². The third kappa shape index (κ3) is 5.32. The minimum Gasteiger partial charge on any atom is -0.497 e. The zero-order valence-electron chi connectivity index (χ0n) is 18.1. The maximum absolute atomic E-state index is 6.00. The van der Waals surface area contributed by atoms with Crippen LogP contribution in [0.1, 0.15) is 36.9 Å². The Morgan fingerprint density at radius 2 is 1.88 bits per heavy atom. The number of ether oxygens (including phenoxy) is 1. The summed E-state index contributed by atoms with van der Waals surface area (Å²) in [5.41, 5.74) is 15.2. The summed E-state index contributed by atoms with van der Waals surface area (Å²) in [7, 11) is 1.67. The second-order valence-electron chi connectivity index (χ2n) is 8.02. The molecule has 0 spiro atoms. The van der Waals surface area contributed by atoms with E-state index in [4.69, 9.17) is 32.8 Å². The van der Waals surface area contributed by atoms with Gasteiger partial charge in [0.05, 0.1) is 24.4 Å². The molecule has 0 saturated heterocycles. The fourth-order valence-corrected chi connectivity index (χ4v) is 4.26. The van der Waals surface area contributed by atoms with Crippen LogP contribution in [-0.2, 0) is 0 Å². The fourth-order valence-electron chi connectivity index (χ4n) is 4.14. The van der Waals surface area contributed by atoms with Crippen LogP contribution in [-0.4, -0.2) is 30.1 Å². The molecule has 0 amide bonds. The van der Waals surface area contributed by atoms with E-state index in [2.05, 4.69) is 16.4 Å². The average molecular weight is 450 g/mol. The van der Waals surface area contributed by atoms with E-state index in [9.17, 15) is 0 Å². The van der Waals surface area contributed by atoms with E-state index in [0.29, 0.717) is 5.02 Å². The predicted molar refractivity (Wildman–Crippen MR) is 134 cm³/mol. The van der Waals surface area contributed by atoms with Gasteiger partial charge in [-0.25, -0.2) is 9.98 Å². The van der Waals surface area contributed by atoms with Crippen LogP contribution in [0, 0.1) is 0 Å². The molecule has 2 unspecified atom stereocenters. The number of anilines is 1. The van der Waals surface area contributed by atoms with Gasteiger partial charge in [0.1, 0.15) is 5.75 Å². The number of hydrogen-bond donors (Lipinski definition) is 3. The molecular weight excluding hydrogens is 422 g/mol. The fraction of sp³-hybridized carbons (Fsp3) is 0.280. The molecule has 166 valence electrons. The molecule has 7 heteroatoms. The van der Waals surface area contributed by atoms with E-state index in [1.807, 2.05) is 54.6 Å². The van der Waals surface area contributed by atoms with Gasteiger partial charge in [-0.05, 0) is 60.9 Å². The van der Waals surface area contributed by atoms with Gasteiger partial charge < -0.3 is 21.5 Å². The molecule has 2 atom stereocenters. The SMILES string of the molecule is COc1ccc2nc(/C=C\c3ccc(Cl)cc3)cc(NC3CCCCC3N=C(N)N)c2c1. The highest BCUT2D eigenvalue weighted by atomic mass is 35.5. The summed E-state index contributed by atoms with van der Waals surface area (Å²) in [5, 5.41) is 5.43. The molecule has 1 fully saturated rings. The second kappa shape index (κ2) is 9.92. The van der Waals surface area contributed by atoms with Gasteiger partial charge in [-0.3, -0.25) is 0 Å². The Kier molecular flexibility index (Phi) is 6.81. The first kappa shape index (κ1) is 22.0. The van der Waals surface area contributed by atoms with E-state index in [-0.39, 0.29) is 18.0 Å². The van der Waals surface area contributed by atoms with Gasteiger partial charge in [0, 0.05) is 22.1 Å². The van der Waals surface area contributed by atoms with Gasteiger partial charge in [-0.1, -0.05) is 42.7 Å². The minimum absolute atomic E-state index is 0.0515. The van der Waals surface area contributed by atoms with Gasteiger partial charge in [-0.15, -0.1) is 0 Å². The Morgan fingerprint density at radius 1 is 1.09 bits per heavy atom.